The van der Waals surface area contributed by atoms with E-state index in [0.717, 1.165) is 23.8 Å². The van der Waals surface area contributed by atoms with Crippen molar-refractivity contribution in [1.29, 1.82) is 0 Å². The van der Waals surface area contributed by atoms with Crippen molar-refractivity contribution in [1.82, 2.24) is 15.1 Å². The van der Waals surface area contributed by atoms with E-state index in [2.05, 4.69) is 24.3 Å². The molecule has 0 aromatic carbocycles. The number of aryl methyl sites for hydroxylation is 2. The van der Waals surface area contributed by atoms with Gasteiger partial charge in [0.05, 0.1) is 17.3 Å². The molecule has 1 atom stereocenters. The lowest BCUT2D eigenvalue weighted by Crippen LogP contribution is -2.19. The largest absolute Gasteiger partial charge is 0.395 e. The molecule has 104 valence electrons. The van der Waals surface area contributed by atoms with Gasteiger partial charge in [0, 0.05) is 24.4 Å². The molecule has 0 spiro atoms. The maximum absolute atomic E-state index is 9.17. The monoisotopic (exact) mass is 271 g/mol. The second-order valence-electron chi connectivity index (χ2n) is 5.13. The number of nitrogens with zero attached hydrogens (tertiary/aromatic N) is 2. The number of hydrogen-bond donors (Lipinski definition) is 2. The van der Waals surface area contributed by atoms with Gasteiger partial charge in [-0.3, -0.25) is 4.68 Å². The summed E-state index contributed by atoms with van der Waals surface area (Å²) < 4.78 is 1.92. The van der Waals surface area contributed by atoms with Crippen molar-refractivity contribution in [2.45, 2.75) is 44.5 Å². The molecule has 18 heavy (non-hydrogen) atoms. The highest BCUT2D eigenvalue weighted by molar-refractivity contribution is 7.99. The lowest BCUT2D eigenvalue weighted by atomic mass is 10.2. The molecule has 0 aliphatic carbocycles. The zero-order valence-electron chi connectivity index (χ0n) is 12.0. The summed E-state index contributed by atoms with van der Waals surface area (Å²) >= 11 is 1.69. The summed E-state index contributed by atoms with van der Waals surface area (Å²) in [6, 6.07) is 0. The van der Waals surface area contributed by atoms with Gasteiger partial charge in [0.25, 0.3) is 0 Å². The Morgan fingerprint density at radius 1 is 1.39 bits per heavy atom. The molecule has 1 aromatic rings. The molecule has 1 aromatic heterocycles. The van der Waals surface area contributed by atoms with E-state index in [1.54, 1.807) is 11.8 Å². The van der Waals surface area contributed by atoms with Gasteiger partial charge in [0.1, 0.15) is 0 Å². The van der Waals surface area contributed by atoms with Gasteiger partial charge in [-0.25, -0.2) is 0 Å². The number of thioether (sulfide) groups is 1. The van der Waals surface area contributed by atoms with Crippen LogP contribution in [0, 0.1) is 12.8 Å². The summed E-state index contributed by atoms with van der Waals surface area (Å²) in [5.41, 5.74) is 2.32. The van der Waals surface area contributed by atoms with Gasteiger partial charge in [-0.2, -0.15) is 5.10 Å². The van der Waals surface area contributed by atoms with Crippen LogP contribution in [0.1, 0.15) is 32.0 Å². The molecular weight excluding hydrogens is 246 g/mol. The number of aromatic nitrogens is 2. The number of hydrogen-bond acceptors (Lipinski definition) is 4. The average molecular weight is 271 g/mol. The van der Waals surface area contributed by atoms with Crippen LogP contribution in [0.25, 0.3) is 0 Å². The molecule has 0 saturated carbocycles. The molecule has 0 bridgehead atoms. The topological polar surface area (TPSA) is 50.1 Å². The molecule has 1 rings (SSSR count). The highest BCUT2D eigenvalue weighted by Crippen LogP contribution is 2.28. The highest BCUT2D eigenvalue weighted by atomic mass is 32.2. The lowest BCUT2D eigenvalue weighted by molar-refractivity contribution is 0.300. The molecular formula is C13H25N3OS. The number of aliphatic hydroxyl groups excluding tert-OH is 1. The van der Waals surface area contributed by atoms with Gasteiger partial charge >= 0.3 is 0 Å². The van der Waals surface area contributed by atoms with E-state index in [4.69, 9.17) is 5.11 Å². The van der Waals surface area contributed by atoms with Crippen LogP contribution in [0.5, 0.6) is 0 Å². The van der Waals surface area contributed by atoms with Crippen LogP contribution in [0.3, 0.4) is 0 Å². The van der Waals surface area contributed by atoms with Crippen molar-refractivity contribution < 1.29 is 5.11 Å². The molecule has 0 saturated heterocycles. The minimum absolute atomic E-state index is 0.188. The zero-order valence-corrected chi connectivity index (χ0v) is 12.8. The lowest BCUT2D eigenvalue weighted by Gasteiger charge is -2.12. The fraction of sp³-hybridized carbons (Fsp3) is 0.769. The highest BCUT2D eigenvalue weighted by Gasteiger charge is 2.16. The number of aliphatic hydroxyl groups is 1. The second kappa shape index (κ2) is 7.16. The quantitative estimate of drug-likeness (QED) is 0.744. The number of nitrogens with one attached hydrogen (secondary N) is 1. The minimum atomic E-state index is 0.188. The first-order chi connectivity index (χ1) is 8.45. The van der Waals surface area contributed by atoms with Crippen molar-refractivity contribution in [3.8, 4) is 0 Å². The third-order valence-electron chi connectivity index (χ3n) is 2.71. The van der Waals surface area contributed by atoms with Gasteiger partial charge in [-0.15, -0.1) is 11.8 Å². The van der Waals surface area contributed by atoms with Crippen LogP contribution < -0.4 is 5.32 Å². The normalized spacial score (nSPS) is 13.3. The summed E-state index contributed by atoms with van der Waals surface area (Å²) in [7, 11) is 1.96. The van der Waals surface area contributed by atoms with E-state index in [0.29, 0.717) is 5.92 Å². The Labute approximate surface area is 114 Å². The summed E-state index contributed by atoms with van der Waals surface area (Å²) in [5.74, 6) is 0.648. The van der Waals surface area contributed by atoms with Gasteiger partial charge in [0.2, 0.25) is 0 Å². The molecule has 1 unspecified atom stereocenters. The van der Waals surface area contributed by atoms with Crippen LogP contribution in [-0.2, 0) is 13.6 Å². The average Bonchev–Trinajstić information content (AvgIpc) is 2.55. The van der Waals surface area contributed by atoms with E-state index in [1.165, 1.54) is 5.56 Å². The first-order valence-electron chi connectivity index (χ1n) is 6.46. The zero-order chi connectivity index (χ0) is 13.7. The molecule has 2 N–H and O–H groups in total. The fourth-order valence-corrected chi connectivity index (χ4v) is 2.76. The third-order valence-corrected chi connectivity index (χ3v) is 4.00. The first kappa shape index (κ1) is 15.5. The summed E-state index contributed by atoms with van der Waals surface area (Å²) in [6.45, 7) is 10.5. The number of rotatable bonds is 7. The summed E-state index contributed by atoms with van der Waals surface area (Å²) in [6.07, 6.45) is 0. The Hall–Kier alpha value is -0.520. The van der Waals surface area contributed by atoms with Gasteiger partial charge < -0.3 is 10.4 Å². The fourth-order valence-electron chi connectivity index (χ4n) is 1.75. The molecule has 5 heteroatoms. The molecule has 0 fully saturated rings. The molecule has 0 radical (unpaired) electrons. The van der Waals surface area contributed by atoms with E-state index in [1.807, 2.05) is 25.6 Å². The SMILES string of the molecule is Cc1nn(C)c(SC(C)CO)c1CNCC(C)C. The smallest absolute Gasteiger partial charge is 0.0987 e. The van der Waals surface area contributed by atoms with Crippen molar-refractivity contribution in [2.75, 3.05) is 13.2 Å². The third kappa shape index (κ3) is 4.30. The van der Waals surface area contributed by atoms with Gasteiger partial charge in [0.15, 0.2) is 0 Å². The maximum atomic E-state index is 9.17. The molecule has 0 aliphatic heterocycles. The predicted octanol–water partition coefficient (Wildman–Crippen LogP) is 1.95. The van der Waals surface area contributed by atoms with E-state index in [9.17, 15) is 0 Å². The Kier molecular flexibility index (Phi) is 6.18. The van der Waals surface area contributed by atoms with Crippen LogP contribution >= 0.6 is 11.8 Å². The van der Waals surface area contributed by atoms with Crippen LogP contribution in [0.4, 0.5) is 0 Å². The summed E-state index contributed by atoms with van der Waals surface area (Å²) in [4.78, 5) is 0. The Morgan fingerprint density at radius 3 is 2.61 bits per heavy atom. The Bertz CT molecular complexity index is 377. The Morgan fingerprint density at radius 2 is 2.06 bits per heavy atom. The maximum Gasteiger partial charge on any atom is 0.0987 e. The van der Waals surface area contributed by atoms with Crippen molar-refractivity contribution in [2.24, 2.45) is 13.0 Å². The van der Waals surface area contributed by atoms with Crippen molar-refractivity contribution in [3.05, 3.63) is 11.3 Å². The second-order valence-corrected chi connectivity index (χ2v) is 6.56. The molecule has 4 nitrogen and oxygen atoms in total. The molecule has 1 heterocycles. The van der Waals surface area contributed by atoms with E-state index >= 15 is 0 Å². The molecule has 0 amide bonds. The van der Waals surface area contributed by atoms with Crippen LogP contribution in [0.2, 0.25) is 0 Å². The van der Waals surface area contributed by atoms with Crippen molar-refractivity contribution >= 4 is 11.8 Å². The first-order valence-corrected chi connectivity index (χ1v) is 7.34. The van der Waals surface area contributed by atoms with Crippen molar-refractivity contribution in [3.63, 3.8) is 0 Å². The van der Waals surface area contributed by atoms with E-state index in [-0.39, 0.29) is 11.9 Å². The van der Waals surface area contributed by atoms with Crippen LogP contribution in [0.15, 0.2) is 5.03 Å². The predicted molar refractivity (Wildman–Crippen MR) is 76.9 cm³/mol. The summed E-state index contributed by atoms with van der Waals surface area (Å²) in [5, 5.41) is 18.5. The van der Waals surface area contributed by atoms with Crippen LogP contribution in [-0.4, -0.2) is 33.3 Å². The van der Waals surface area contributed by atoms with Gasteiger partial charge in [-0.1, -0.05) is 20.8 Å². The Balaban J connectivity index is 2.75. The van der Waals surface area contributed by atoms with Gasteiger partial charge in [-0.05, 0) is 19.4 Å². The standard InChI is InChI=1S/C13H25N3OS/c1-9(2)6-14-7-12-11(4)15-16(5)13(12)18-10(3)8-17/h9-10,14,17H,6-8H2,1-5H3. The molecule has 0 aliphatic rings. The minimum Gasteiger partial charge on any atom is -0.395 e. The van der Waals surface area contributed by atoms with E-state index < -0.39 is 0 Å².